The molecule has 5 heteroatoms. The number of anilines is 2. The number of amides is 1. The highest BCUT2D eigenvalue weighted by atomic mass is 79.9. The summed E-state index contributed by atoms with van der Waals surface area (Å²) < 4.78 is 0.874. The summed E-state index contributed by atoms with van der Waals surface area (Å²) >= 11 is 3.31. The minimum Gasteiger partial charge on any atom is -0.385 e. The lowest BCUT2D eigenvalue weighted by Crippen LogP contribution is -2.15. The van der Waals surface area contributed by atoms with E-state index in [1.165, 1.54) is 0 Å². The number of carbonyl (C=O) groups excluding carboxylic acids is 1. The Morgan fingerprint density at radius 3 is 2.75 bits per heavy atom. The van der Waals surface area contributed by atoms with Crippen molar-refractivity contribution < 1.29 is 4.79 Å². The Bertz CT molecular complexity index is 611. The van der Waals surface area contributed by atoms with Gasteiger partial charge in [0.15, 0.2) is 0 Å². The minimum absolute atomic E-state index is 0.167. The van der Waals surface area contributed by atoms with E-state index >= 15 is 0 Å². The first-order valence-corrected chi connectivity index (χ1v) is 7.17. The second-order valence-corrected chi connectivity index (χ2v) is 5.31. The van der Waals surface area contributed by atoms with Crippen LogP contribution in [0.4, 0.5) is 11.5 Å². The van der Waals surface area contributed by atoms with Crippen molar-refractivity contribution in [3.63, 3.8) is 0 Å². The Morgan fingerprint density at radius 2 is 2.10 bits per heavy atom. The summed E-state index contributed by atoms with van der Waals surface area (Å²) in [7, 11) is 0. The van der Waals surface area contributed by atoms with Crippen LogP contribution in [0.25, 0.3) is 0 Å². The Hall–Kier alpha value is -1.88. The van der Waals surface area contributed by atoms with Crippen LogP contribution in [0.1, 0.15) is 22.8 Å². The number of nitrogens with zero attached hydrogens (tertiary/aromatic N) is 1. The molecule has 1 aromatic carbocycles. The third kappa shape index (κ3) is 3.57. The summed E-state index contributed by atoms with van der Waals surface area (Å²) in [5.74, 6) is 0.363. The molecule has 0 aliphatic carbocycles. The van der Waals surface area contributed by atoms with Crippen LogP contribution < -0.4 is 10.6 Å². The van der Waals surface area contributed by atoms with Crippen molar-refractivity contribution in [2.45, 2.75) is 13.8 Å². The maximum Gasteiger partial charge on any atom is 0.258 e. The van der Waals surface area contributed by atoms with Crippen molar-refractivity contribution in [3.05, 3.63) is 52.1 Å². The first-order valence-electron chi connectivity index (χ1n) is 6.37. The van der Waals surface area contributed by atoms with Gasteiger partial charge in [-0.05, 0) is 54.0 Å². The van der Waals surface area contributed by atoms with Crippen molar-refractivity contribution in [1.82, 2.24) is 4.98 Å². The van der Waals surface area contributed by atoms with E-state index in [0.717, 1.165) is 22.3 Å². The van der Waals surface area contributed by atoms with Gasteiger partial charge < -0.3 is 10.6 Å². The van der Waals surface area contributed by atoms with Crippen molar-refractivity contribution in [2.24, 2.45) is 0 Å². The highest BCUT2D eigenvalue weighted by molar-refractivity contribution is 9.10. The van der Waals surface area contributed by atoms with Gasteiger partial charge in [-0.25, -0.2) is 4.98 Å². The summed E-state index contributed by atoms with van der Waals surface area (Å²) in [4.78, 5) is 16.5. The van der Waals surface area contributed by atoms with Crippen molar-refractivity contribution in [2.75, 3.05) is 17.2 Å². The van der Waals surface area contributed by atoms with Crippen LogP contribution in [0, 0.1) is 6.92 Å². The van der Waals surface area contributed by atoms with Gasteiger partial charge >= 0.3 is 0 Å². The molecule has 0 saturated heterocycles. The van der Waals surface area contributed by atoms with Crippen LogP contribution in [-0.4, -0.2) is 17.4 Å². The van der Waals surface area contributed by atoms with Gasteiger partial charge in [-0.15, -0.1) is 0 Å². The lowest BCUT2D eigenvalue weighted by Gasteiger charge is -2.11. The molecule has 1 heterocycles. The normalized spacial score (nSPS) is 10.2. The highest BCUT2D eigenvalue weighted by Crippen LogP contribution is 2.19. The van der Waals surface area contributed by atoms with Crippen molar-refractivity contribution in [3.8, 4) is 0 Å². The summed E-state index contributed by atoms with van der Waals surface area (Å²) in [5, 5.41) is 5.99. The zero-order chi connectivity index (χ0) is 14.5. The molecule has 0 spiro atoms. The van der Waals surface area contributed by atoms with E-state index in [2.05, 4.69) is 31.5 Å². The zero-order valence-corrected chi connectivity index (χ0v) is 13.0. The fourth-order valence-electron chi connectivity index (χ4n) is 1.82. The zero-order valence-electron chi connectivity index (χ0n) is 11.4. The second kappa shape index (κ2) is 6.52. The molecule has 1 aromatic heterocycles. The van der Waals surface area contributed by atoms with E-state index in [-0.39, 0.29) is 5.91 Å². The molecule has 104 valence electrons. The fraction of sp³-hybridized carbons (Fsp3) is 0.200. The minimum atomic E-state index is -0.167. The quantitative estimate of drug-likeness (QED) is 0.893. The first kappa shape index (κ1) is 14.5. The molecule has 4 nitrogen and oxygen atoms in total. The SMILES string of the molecule is CCNc1ccc(C)cc1C(=O)Nc1ccc(Br)cn1. The number of nitrogens with one attached hydrogen (secondary N) is 2. The Kier molecular flexibility index (Phi) is 4.74. The topological polar surface area (TPSA) is 54.0 Å². The molecule has 20 heavy (non-hydrogen) atoms. The summed E-state index contributed by atoms with van der Waals surface area (Å²) in [6, 6.07) is 9.36. The molecule has 2 rings (SSSR count). The number of halogens is 1. The van der Waals surface area contributed by atoms with E-state index in [9.17, 15) is 4.79 Å². The lowest BCUT2D eigenvalue weighted by molar-refractivity contribution is 0.102. The third-order valence-corrected chi connectivity index (χ3v) is 3.22. The molecular weight excluding hydrogens is 318 g/mol. The molecule has 0 unspecified atom stereocenters. The number of rotatable bonds is 4. The molecule has 0 aliphatic rings. The Morgan fingerprint density at radius 1 is 1.30 bits per heavy atom. The van der Waals surface area contributed by atoms with Gasteiger partial charge in [0.1, 0.15) is 5.82 Å². The summed E-state index contributed by atoms with van der Waals surface area (Å²) in [6.07, 6.45) is 1.65. The molecule has 0 saturated carbocycles. The van der Waals surface area contributed by atoms with Crippen LogP contribution in [0.15, 0.2) is 41.0 Å². The molecule has 0 atom stereocenters. The molecule has 0 radical (unpaired) electrons. The maximum absolute atomic E-state index is 12.3. The van der Waals surface area contributed by atoms with Crippen LogP contribution in [-0.2, 0) is 0 Å². The monoisotopic (exact) mass is 333 g/mol. The van der Waals surface area contributed by atoms with Gasteiger partial charge in [-0.2, -0.15) is 0 Å². The number of hydrogen-bond acceptors (Lipinski definition) is 3. The van der Waals surface area contributed by atoms with Crippen molar-refractivity contribution >= 4 is 33.3 Å². The highest BCUT2D eigenvalue weighted by Gasteiger charge is 2.12. The van der Waals surface area contributed by atoms with Gasteiger partial charge in [0.25, 0.3) is 5.91 Å². The summed E-state index contributed by atoms with van der Waals surface area (Å²) in [5.41, 5.74) is 2.49. The van der Waals surface area contributed by atoms with Gasteiger partial charge in [0, 0.05) is 22.9 Å². The van der Waals surface area contributed by atoms with E-state index in [4.69, 9.17) is 0 Å². The molecule has 0 fully saturated rings. The predicted molar refractivity (Wildman–Crippen MR) is 85.2 cm³/mol. The molecule has 2 aromatic rings. The van der Waals surface area contributed by atoms with Crippen LogP contribution in [0.5, 0.6) is 0 Å². The number of aromatic nitrogens is 1. The molecule has 1 amide bonds. The maximum atomic E-state index is 12.3. The lowest BCUT2D eigenvalue weighted by atomic mass is 10.1. The average Bonchev–Trinajstić information content (AvgIpc) is 2.43. The first-order chi connectivity index (χ1) is 9.60. The van der Waals surface area contributed by atoms with Crippen LogP contribution >= 0.6 is 15.9 Å². The number of carbonyl (C=O) groups is 1. The number of hydrogen-bond donors (Lipinski definition) is 2. The standard InChI is InChI=1S/C15H16BrN3O/c1-3-17-13-6-4-10(2)8-12(13)15(20)19-14-7-5-11(16)9-18-14/h4-9,17H,3H2,1-2H3,(H,18,19,20). The molecule has 0 bridgehead atoms. The third-order valence-electron chi connectivity index (χ3n) is 2.76. The van der Waals surface area contributed by atoms with E-state index in [0.29, 0.717) is 11.4 Å². The Labute approximate surface area is 126 Å². The van der Waals surface area contributed by atoms with Crippen molar-refractivity contribution in [1.29, 1.82) is 0 Å². The summed E-state index contributed by atoms with van der Waals surface area (Å²) in [6.45, 7) is 4.72. The van der Waals surface area contributed by atoms with Gasteiger partial charge in [0.2, 0.25) is 0 Å². The smallest absolute Gasteiger partial charge is 0.258 e. The van der Waals surface area contributed by atoms with E-state index < -0.39 is 0 Å². The van der Waals surface area contributed by atoms with E-state index in [1.807, 2.05) is 38.1 Å². The molecular formula is C15H16BrN3O. The fourth-order valence-corrected chi connectivity index (χ4v) is 2.06. The number of pyridine rings is 1. The van der Waals surface area contributed by atoms with Gasteiger partial charge in [-0.3, -0.25) is 4.79 Å². The van der Waals surface area contributed by atoms with Crippen LogP contribution in [0.2, 0.25) is 0 Å². The van der Waals surface area contributed by atoms with Crippen LogP contribution in [0.3, 0.4) is 0 Å². The number of aryl methyl sites for hydroxylation is 1. The predicted octanol–water partition coefficient (Wildman–Crippen LogP) is 3.84. The van der Waals surface area contributed by atoms with E-state index in [1.54, 1.807) is 12.3 Å². The van der Waals surface area contributed by atoms with Gasteiger partial charge in [0.05, 0.1) is 5.56 Å². The van der Waals surface area contributed by atoms with Gasteiger partial charge in [-0.1, -0.05) is 11.6 Å². The molecule has 2 N–H and O–H groups in total. The second-order valence-electron chi connectivity index (χ2n) is 4.40. The largest absolute Gasteiger partial charge is 0.385 e. The molecule has 0 aliphatic heterocycles. The Balaban J connectivity index is 2.23. The number of benzene rings is 1. The average molecular weight is 334 g/mol.